The van der Waals surface area contributed by atoms with Crippen LogP contribution in [0.3, 0.4) is 0 Å². The summed E-state index contributed by atoms with van der Waals surface area (Å²) in [7, 11) is 0. The lowest BCUT2D eigenvalue weighted by molar-refractivity contribution is 0.340. The van der Waals surface area contributed by atoms with E-state index in [9.17, 15) is 0 Å². The molecule has 1 unspecified atom stereocenters. The minimum absolute atomic E-state index is 0.182. The van der Waals surface area contributed by atoms with Crippen molar-refractivity contribution in [1.82, 2.24) is 0 Å². The lowest BCUT2D eigenvalue weighted by Gasteiger charge is -2.02. The van der Waals surface area contributed by atoms with Crippen LogP contribution in [0.15, 0.2) is 18.8 Å². The molecule has 0 radical (unpaired) electrons. The molecule has 1 nitrogen and oxygen atoms in total. The van der Waals surface area contributed by atoms with Crippen molar-refractivity contribution in [3.63, 3.8) is 0 Å². The molecular formula is C9H12OS4. The summed E-state index contributed by atoms with van der Waals surface area (Å²) in [6.45, 7) is 2.43. The first-order valence-corrected chi connectivity index (χ1v) is 8.07. The minimum atomic E-state index is 0.182. The van der Waals surface area contributed by atoms with Gasteiger partial charge in [-0.15, -0.1) is 23.5 Å². The molecule has 1 saturated heterocycles. The predicted octanol–water partition coefficient (Wildman–Crippen LogP) is 3.69. The first-order chi connectivity index (χ1) is 6.83. The van der Waals surface area contributed by atoms with E-state index in [1.54, 1.807) is 23.5 Å². The van der Waals surface area contributed by atoms with Crippen molar-refractivity contribution in [2.75, 3.05) is 12.4 Å². The molecule has 0 bridgehead atoms. The molecule has 2 aliphatic heterocycles. The molecule has 0 amide bonds. The highest BCUT2D eigenvalue weighted by Gasteiger charge is 2.25. The number of thioether (sulfide) groups is 4. The molecule has 2 aliphatic rings. The summed E-state index contributed by atoms with van der Waals surface area (Å²) >= 11 is 7.47. The van der Waals surface area contributed by atoms with Gasteiger partial charge < -0.3 is 5.11 Å². The van der Waals surface area contributed by atoms with Gasteiger partial charge in [0.15, 0.2) is 0 Å². The lowest BCUT2D eigenvalue weighted by atomic mass is 10.4. The molecule has 78 valence electrons. The fourth-order valence-electron chi connectivity index (χ4n) is 1.14. The number of aliphatic hydroxyl groups excluding tert-OH is 1. The van der Waals surface area contributed by atoms with E-state index < -0.39 is 0 Å². The summed E-state index contributed by atoms with van der Waals surface area (Å²) in [5.74, 6) is 1.25. The van der Waals surface area contributed by atoms with Crippen LogP contribution in [-0.2, 0) is 0 Å². The normalized spacial score (nSPS) is 32.4. The number of hydrogen-bond donors (Lipinski definition) is 1. The first kappa shape index (κ1) is 11.3. The number of rotatable bonds is 2. The van der Waals surface area contributed by atoms with Crippen LogP contribution in [0.2, 0.25) is 0 Å². The summed E-state index contributed by atoms with van der Waals surface area (Å²) < 4.78 is 2.84. The molecule has 0 aromatic carbocycles. The summed E-state index contributed by atoms with van der Waals surface area (Å²) in [5.41, 5.74) is 0. The largest absolute Gasteiger partial charge is 0.391 e. The van der Waals surface area contributed by atoms with E-state index in [0.29, 0.717) is 0 Å². The SMILES string of the molecule is CCC1CS/C(=C2/SC=C(CO)S2)S1. The zero-order valence-corrected chi connectivity index (χ0v) is 11.1. The van der Waals surface area contributed by atoms with Crippen molar-refractivity contribution in [3.05, 3.63) is 18.8 Å². The Morgan fingerprint density at radius 1 is 1.50 bits per heavy atom. The summed E-state index contributed by atoms with van der Waals surface area (Å²) in [6, 6.07) is 0. The predicted molar refractivity (Wildman–Crippen MR) is 71.5 cm³/mol. The zero-order valence-electron chi connectivity index (χ0n) is 7.86. The first-order valence-electron chi connectivity index (χ1n) is 4.51. The van der Waals surface area contributed by atoms with Gasteiger partial charge in [0.1, 0.15) is 0 Å². The van der Waals surface area contributed by atoms with E-state index in [0.717, 1.165) is 10.2 Å². The Balaban J connectivity index is 1.99. The van der Waals surface area contributed by atoms with Crippen LogP contribution < -0.4 is 0 Å². The smallest absolute Gasteiger partial charge is 0.0749 e. The summed E-state index contributed by atoms with van der Waals surface area (Å²) in [6.07, 6.45) is 1.25. The van der Waals surface area contributed by atoms with Gasteiger partial charge in [-0.3, -0.25) is 0 Å². The van der Waals surface area contributed by atoms with E-state index in [1.807, 2.05) is 23.5 Å². The molecule has 0 spiro atoms. The maximum Gasteiger partial charge on any atom is 0.0749 e. The molecule has 2 heterocycles. The second-order valence-electron chi connectivity index (χ2n) is 3.00. The highest BCUT2D eigenvalue weighted by atomic mass is 32.2. The molecule has 1 N–H and O–H groups in total. The number of hydrogen-bond acceptors (Lipinski definition) is 5. The Bertz CT molecular complexity index is 285. The summed E-state index contributed by atoms with van der Waals surface area (Å²) in [5, 5.41) is 11.8. The standard InChI is InChI=1S/C9H12OS4/c1-2-6-4-11-8(13-6)9-12-5-7(3-10)14-9/h5-6,10H,2-4H2,1H3/b9-8+. The Morgan fingerprint density at radius 3 is 2.93 bits per heavy atom. The highest BCUT2D eigenvalue weighted by molar-refractivity contribution is 8.32. The van der Waals surface area contributed by atoms with Gasteiger partial charge >= 0.3 is 0 Å². The third kappa shape index (κ3) is 2.50. The van der Waals surface area contributed by atoms with Crippen LogP contribution in [0.1, 0.15) is 13.3 Å². The van der Waals surface area contributed by atoms with Crippen molar-refractivity contribution in [2.24, 2.45) is 0 Å². The Labute approximate surface area is 102 Å². The van der Waals surface area contributed by atoms with Gasteiger partial charge in [-0.25, -0.2) is 0 Å². The zero-order chi connectivity index (χ0) is 9.97. The maximum atomic E-state index is 8.99. The third-order valence-electron chi connectivity index (χ3n) is 1.97. The molecule has 14 heavy (non-hydrogen) atoms. The second kappa shape index (κ2) is 5.25. The average molecular weight is 264 g/mol. The second-order valence-corrected chi connectivity index (χ2v) is 7.87. The number of aliphatic hydroxyl groups is 1. The van der Waals surface area contributed by atoms with E-state index in [-0.39, 0.29) is 6.61 Å². The topological polar surface area (TPSA) is 20.2 Å². The Kier molecular flexibility index (Phi) is 4.25. The van der Waals surface area contributed by atoms with Crippen LogP contribution in [0.25, 0.3) is 0 Å². The molecule has 0 aromatic rings. The van der Waals surface area contributed by atoms with Crippen molar-refractivity contribution in [1.29, 1.82) is 0 Å². The molecule has 1 fully saturated rings. The van der Waals surface area contributed by atoms with Crippen LogP contribution in [0.5, 0.6) is 0 Å². The van der Waals surface area contributed by atoms with Crippen molar-refractivity contribution in [2.45, 2.75) is 18.6 Å². The van der Waals surface area contributed by atoms with E-state index in [4.69, 9.17) is 5.11 Å². The molecule has 0 saturated carbocycles. The van der Waals surface area contributed by atoms with Gasteiger partial charge in [-0.1, -0.05) is 30.4 Å². The van der Waals surface area contributed by atoms with Crippen LogP contribution >= 0.6 is 47.0 Å². The fraction of sp³-hybridized carbons (Fsp3) is 0.556. The Hall–Kier alpha value is 0.840. The highest BCUT2D eigenvalue weighted by Crippen LogP contribution is 2.54. The molecular weight excluding hydrogens is 252 g/mol. The average Bonchev–Trinajstić information content (AvgIpc) is 2.86. The Morgan fingerprint density at radius 2 is 2.36 bits per heavy atom. The fourth-order valence-corrected chi connectivity index (χ4v) is 6.73. The van der Waals surface area contributed by atoms with Gasteiger partial charge in [0.05, 0.1) is 15.1 Å². The van der Waals surface area contributed by atoms with Gasteiger partial charge in [0, 0.05) is 15.9 Å². The molecule has 2 rings (SSSR count). The quantitative estimate of drug-likeness (QED) is 0.818. The van der Waals surface area contributed by atoms with Gasteiger partial charge in [0.25, 0.3) is 0 Å². The van der Waals surface area contributed by atoms with Gasteiger partial charge in [-0.2, -0.15) is 0 Å². The van der Waals surface area contributed by atoms with Crippen molar-refractivity contribution >= 4 is 47.0 Å². The molecule has 1 atom stereocenters. The maximum absolute atomic E-state index is 8.99. The van der Waals surface area contributed by atoms with Crippen molar-refractivity contribution < 1.29 is 5.11 Å². The van der Waals surface area contributed by atoms with Crippen LogP contribution in [0, 0.1) is 0 Å². The monoisotopic (exact) mass is 264 g/mol. The van der Waals surface area contributed by atoms with Crippen LogP contribution in [0.4, 0.5) is 0 Å². The molecule has 5 heteroatoms. The van der Waals surface area contributed by atoms with E-state index in [1.165, 1.54) is 20.6 Å². The van der Waals surface area contributed by atoms with Gasteiger partial charge in [0.2, 0.25) is 0 Å². The van der Waals surface area contributed by atoms with Gasteiger partial charge in [-0.05, 0) is 11.8 Å². The third-order valence-corrected chi connectivity index (χ3v) is 8.04. The molecule has 0 aliphatic carbocycles. The summed E-state index contributed by atoms with van der Waals surface area (Å²) in [4.78, 5) is 1.08. The van der Waals surface area contributed by atoms with Crippen molar-refractivity contribution in [3.8, 4) is 0 Å². The van der Waals surface area contributed by atoms with Crippen LogP contribution in [-0.4, -0.2) is 22.7 Å². The lowest BCUT2D eigenvalue weighted by Crippen LogP contribution is -1.95. The van der Waals surface area contributed by atoms with E-state index >= 15 is 0 Å². The minimum Gasteiger partial charge on any atom is -0.391 e. The van der Waals surface area contributed by atoms with E-state index in [2.05, 4.69) is 12.3 Å². The molecule has 0 aromatic heterocycles.